The van der Waals surface area contributed by atoms with E-state index in [0.29, 0.717) is 5.92 Å². The number of hydrogen-bond donors (Lipinski definition) is 2. The van der Waals surface area contributed by atoms with Crippen LogP contribution in [0.25, 0.3) is 0 Å². The van der Waals surface area contributed by atoms with Crippen LogP contribution in [0.4, 0.5) is 5.69 Å². The molecule has 0 aliphatic rings. The highest BCUT2D eigenvalue weighted by Gasteiger charge is 2.12. The van der Waals surface area contributed by atoms with Gasteiger partial charge in [-0.3, -0.25) is 14.5 Å². The number of nitrogens with one attached hydrogen (secondary N) is 2. The van der Waals surface area contributed by atoms with E-state index in [-0.39, 0.29) is 24.9 Å². The third-order valence-electron chi connectivity index (χ3n) is 2.96. The molecule has 0 spiro atoms. The van der Waals surface area contributed by atoms with Gasteiger partial charge in [-0.05, 0) is 24.6 Å². The zero-order valence-corrected chi connectivity index (χ0v) is 12.6. The molecule has 110 valence electrons. The molecule has 5 nitrogen and oxygen atoms in total. The van der Waals surface area contributed by atoms with Crippen LogP contribution in [-0.2, 0) is 9.59 Å². The number of amides is 2. The van der Waals surface area contributed by atoms with E-state index in [1.807, 2.05) is 24.3 Å². The maximum atomic E-state index is 12.0. The van der Waals surface area contributed by atoms with Crippen molar-refractivity contribution >= 4 is 17.5 Å². The summed E-state index contributed by atoms with van der Waals surface area (Å²) in [6.07, 6.45) is 0. The predicted octanol–water partition coefficient (Wildman–Crippen LogP) is 1.43. The van der Waals surface area contributed by atoms with Crippen molar-refractivity contribution in [2.24, 2.45) is 0 Å². The van der Waals surface area contributed by atoms with Gasteiger partial charge in [-0.15, -0.1) is 0 Å². The van der Waals surface area contributed by atoms with Crippen LogP contribution in [0.2, 0.25) is 0 Å². The summed E-state index contributed by atoms with van der Waals surface area (Å²) in [6, 6.07) is 7.76. The van der Waals surface area contributed by atoms with E-state index >= 15 is 0 Å². The van der Waals surface area contributed by atoms with Crippen molar-refractivity contribution in [2.45, 2.75) is 19.8 Å². The quantitative estimate of drug-likeness (QED) is 0.827. The molecule has 0 saturated heterocycles. The Hall–Kier alpha value is -1.88. The first-order chi connectivity index (χ1) is 9.43. The molecule has 0 unspecified atom stereocenters. The lowest BCUT2D eigenvalue weighted by Gasteiger charge is -2.17. The summed E-state index contributed by atoms with van der Waals surface area (Å²) in [7, 11) is 3.32. The minimum absolute atomic E-state index is 0.108. The van der Waals surface area contributed by atoms with E-state index in [4.69, 9.17) is 0 Å². The standard InChI is InChI=1S/C15H23N3O2/c1-11(2)12-7-5-6-8-13(12)17-15(20)10-18(4)9-14(19)16-3/h5-8,11H,9-10H2,1-4H3,(H,16,19)(H,17,20). The van der Waals surface area contributed by atoms with E-state index in [9.17, 15) is 9.59 Å². The average molecular weight is 277 g/mol. The Morgan fingerprint density at radius 1 is 1.15 bits per heavy atom. The number of nitrogens with zero attached hydrogens (tertiary/aromatic N) is 1. The number of anilines is 1. The van der Waals surface area contributed by atoms with Crippen molar-refractivity contribution in [3.05, 3.63) is 29.8 Å². The number of rotatable bonds is 6. The number of carbonyl (C=O) groups excluding carboxylic acids is 2. The van der Waals surface area contributed by atoms with Crippen LogP contribution in [0.15, 0.2) is 24.3 Å². The van der Waals surface area contributed by atoms with E-state index in [1.165, 1.54) is 0 Å². The topological polar surface area (TPSA) is 61.4 Å². The molecule has 1 rings (SSSR count). The third kappa shape index (κ3) is 5.01. The normalized spacial score (nSPS) is 10.7. The summed E-state index contributed by atoms with van der Waals surface area (Å²) in [5, 5.41) is 5.43. The van der Waals surface area contributed by atoms with Crippen LogP contribution in [0.3, 0.4) is 0 Å². The molecular formula is C15H23N3O2. The van der Waals surface area contributed by atoms with Gasteiger partial charge in [0.25, 0.3) is 0 Å². The summed E-state index contributed by atoms with van der Waals surface area (Å²) in [5.41, 5.74) is 1.94. The molecule has 0 aliphatic heterocycles. The van der Waals surface area contributed by atoms with Crippen LogP contribution >= 0.6 is 0 Å². The van der Waals surface area contributed by atoms with E-state index in [2.05, 4.69) is 24.5 Å². The molecule has 0 bridgehead atoms. The fourth-order valence-corrected chi connectivity index (χ4v) is 1.93. The highest BCUT2D eigenvalue weighted by Crippen LogP contribution is 2.23. The van der Waals surface area contributed by atoms with Crippen LogP contribution in [0, 0.1) is 0 Å². The lowest BCUT2D eigenvalue weighted by atomic mass is 10.0. The second-order valence-electron chi connectivity index (χ2n) is 5.14. The maximum Gasteiger partial charge on any atom is 0.238 e. The SMILES string of the molecule is CNC(=O)CN(C)CC(=O)Nc1ccccc1C(C)C. The lowest BCUT2D eigenvalue weighted by molar-refractivity contribution is -0.122. The third-order valence-corrected chi connectivity index (χ3v) is 2.96. The first kappa shape index (κ1) is 16.2. The summed E-state index contributed by atoms with van der Waals surface area (Å²) in [6.45, 7) is 4.56. The number of para-hydroxylation sites is 1. The van der Waals surface area contributed by atoms with Crippen molar-refractivity contribution in [2.75, 3.05) is 32.5 Å². The Labute approximate surface area is 120 Å². The molecular weight excluding hydrogens is 254 g/mol. The van der Waals surface area contributed by atoms with E-state index in [1.54, 1.807) is 19.0 Å². The van der Waals surface area contributed by atoms with Gasteiger partial charge in [-0.1, -0.05) is 32.0 Å². The molecule has 2 N–H and O–H groups in total. The van der Waals surface area contributed by atoms with Crippen LogP contribution in [-0.4, -0.2) is 43.9 Å². The zero-order valence-electron chi connectivity index (χ0n) is 12.6. The molecule has 0 saturated carbocycles. The number of benzene rings is 1. The first-order valence-corrected chi connectivity index (χ1v) is 6.72. The fourth-order valence-electron chi connectivity index (χ4n) is 1.93. The second kappa shape index (κ2) is 7.65. The highest BCUT2D eigenvalue weighted by atomic mass is 16.2. The molecule has 0 aliphatic carbocycles. The molecule has 0 aromatic heterocycles. The van der Waals surface area contributed by atoms with Crippen molar-refractivity contribution in [1.29, 1.82) is 0 Å². The second-order valence-corrected chi connectivity index (χ2v) is 5.14. The van der Waals surface area contributed by atoms with Crippen molar-refractivity contribution in [1.82, 2.24) is 10.2 Å². The van der Waals surface area contributed by atoms with Gasteiger partial charge in [0.15, 0.2) is 0 Å². The van der Waals surface area contributed by atoms with E-state index < -0.39 is 0 Å². The van der Waals surface area contributed by atoms with Crippen LogP contribution in [0.1, 0.15) is 25.3 Å². The Bertz CT molecular complexity index is 472. The summed E-state index contributed by atoms with van der Waals surface area (Å²) in [5.74, 6) is 0.113. The molecule has 0 heterocycles. The molecule has 1 aromatic rings. The monoisotopic (exact) mass is 277 g/mol. The Kier molecular flexibility index (Phi) is 6.18. The van der Waals surface area contributed by atoms with Gasteiger partial charge < -0.3 is 10.6 Å². The average Bonchev–Trinajstić information content (AvgIpc) is 2.38. The fraction of sp³-hybridized carbons (Fsp3) is 0.467. The molecule has 1 aromatic carbocycles. The molecule has 0 atom stereocenters. The van der Waals surface area contributed by atoms with Crippen LogP contribution in [0.5, 0.6) is 0 Å². The van der Waals surface area contributed by atoms with Gasteiger partial charge in [-0.2, -0.15) is 0 Å². The zero-order chi connectivity index (χ0) is 15.1. The smallest absolute Gasteiger partial charge is 0.238 e. The van der Waals surface area contributed by atoms with Gasteiger partial charge in [-0.25, -0.2) is 0 Å². The molecule has 2 amide bonds. The first-order valence-electron chi connectivity index (χ1n) is 6.72. The van der Waals surface area contributed by atoms with Gasteiger partial charge in [0.2, 0.25) is 11.8 Å². The van der Waals surface area contributed by atoms with Gasteiger partial charge in [0.1, 0.15) is 0 Å². The molecule has 20 heavy (non-hydrogen) atoms. The molecule has 5 heteroatoms. The predicted molar refractivity (Wildman–Crippen MR) is 80.7 cm³/mol. The van der Waals surface area contributed by atoms with Gasteiger partial charge in [0, 0.05) is 12.7 Å². The van der Waals surface area contributed by atoms with Crippen molar-refractivity contribution in [3.8, 4) is 0 Å². The largest absolute Gasteiger partial charge is 0.358 e. The Balaban J connectivity index is 2.61. The van der Waals surface area contributed by atoms with Crippen molar-refractivity contribution < 1.29 is 9.59 Å². The summed E-state index contributed by atoms with van der Waals surface area (Å²) in [4.78, 5) is 24.9. The van der Waals surface area contributed by atoms with Crippen molar-refractivity contribution in [3.63, 3.8) is 0 Å². The van der Waals surface area contributed by atoms with Crippen LogP contribution < -0.4 is 10.6 Å². The molecule has 0 fully saturated rings. The number of likely N-dealkylation sites (N-methyl/N-ethyl adjacent to an activating group) is 2. The Morgan fingerprint density at radius 2 is 1.75 bits per heavy atom. The molecule has 0 radical (unpaired) electrons. The minimum Gasteiger partial charge on any atom is -0.358 e. The highest BCUT2D eigenvalue weighted by molar-refractivity contribution is 5.93. The number of hydrogen-bond acceptors (Lipinski definition) is 3. The summed E-state index contributed by atoms with van der Waals surface area (Å²) >= 11 is 0. The van der Waals surface area contributed by atoms with E-state index in [0.717, 1.165) is 11.3 Å². The van der Waals surface area contributed by atoms with Gasteiger partial charge >= 0.3 is 0 Å². The van der Waals surface area contributed by atoms with Gasteiger partial charge in [0.05, 0.1) is 13.1 Å². The lowest BCUT2D eigenvalue weighted by Crippen LogP contribution is -2.37. The summed E-state index contributed by atoms with van der Waals surface area (Å²) < 4.78 is 0. The Morgan fingerprint density at radius 3 is 2.35 bits per heavy atom. The maximum absolute atomic E-state index is 12.0. The number of carbonyl (C=O) groups is 2. The minimum atomic E-state index is -0.121.